The van der Waals surface area contributed by atoms with Crippen molar-refractivity contribution >= 4 is 82.0 Å². The molecule has 0 spiro atoms. The van der Waals surface area contributed by atoms with E-state index < -0.39 is 0 Å². The molecule has 222 valence electrons. The van der Waals surface area contributed by atoms with E-state index >= 15 is 0 Å². The summed E-state index contributed by atoms with van der Waals surface area (Å²) in [4.78, 5) is 0. The predicted octanol–water partition coefficient (Wildman–Crippen LogP) is 12.2. The van der Waals surface area contributed by atoms with Gasteiger partial charge in [-0.15, -0.1) is 0 Å². The minimum atomic E-state index is -0.172. The molecule has 3 heteroatoms. The zero-order chi connectivity index (χ0) is 31.5. The number of fused-ring (bicyclic) bond motifs is 17. The molecule has 0 fully saturated rings. The van der Waals surface area contributed by atoms with Crippen LogP contribution in [0.1, 0.15) is 25.0 Å². The van der Waals surface area contributed by atoms with Crippen LogP contribution in [-0.4, -0.2) is 4.40 Å². The zero-order valence-electron chi connectivity index (χ0n) is 26.2. The zero-order valence-corrected chi connectivity index (χ0v) is 26.2. The molecule has 4 aromatic heterocycles. The summed E-state index contributed by atoms with van der Waals surface area (Å²) in [6.45, 7) is 4.68. The van der Waals surface area contributed by atoms with Crippen LogP contribution in [0.5, 0.6) is 0 Å². The molecule has 0 saturated heterocycles. The first-order valence-corrected chi connectivity index (χ1v) is 16.5. The Morgan fingerprint density at radius 3 is 1.75 bits per heavy atom. The van der Waals surface area contributed by atoms with Gasteiger partial charge in [-0.25, -0.2) is 0 Å². The van der Waals surface area contributed by atoms with Gasteiger partial charge in [0.1, 0.15) is 11.2 Å². The summed E-state index contributed by atoms with van der Waals surface area (Å²) in [5.74, 6) is 0. The first kappa shape index (κ1) is 24.9. The number of aromatic nitrogens is 1. The standard InChI is InChI=1S/C45H25NO2/c1-45(2)36-15-6-3-10-26(36)29-14-9-13-25(39(29)45)24-22-34-30-18-20-32-27-11-4-7-16-37(27)47-43(32)41(30)46-40(34)35(23-24)31-19-21-33-28-12-5-8-17-38(28)48-44(33)42(31)46/h3-8,10-12,14-23H,1-2H3. The third-order valence-corrected chi connectivity index (χ3v) is 11.1. The van der Waals surface area contributed by atoms with Crippen LogP contribution < -0.4 is 0 Å². The number of hydrogen-bond acceptors (Lipinski definition) is 2. The lowest BCUT2D eigenvalue weighted by Crippen LogP contribution is -2.16. The molecule has 1 aliphatic rings. The lowest BCUT2D eigenvalue weighted by atomic mass is 9.79. The molecular formula is C45H25NO2. The number of rotatable bonds is 1. The highest BCUT2D eigenvalue weighted by atomic mass is 16.3. The van der Waals surface area contributed by atoms with Crippen molar-refractivity contribution < 1.29 is 8.83 Å². The van der Waals surface area contributed by atoms with Crippen molar-refractivity contribution in [2.75, 3.05) is 0 Å². The maximum absolute atomic E-state index is 6.72. The van der Waals surface area contributed by atoms with Crippen molar-refractivity contribution in [2.45, 2.75) is 19.3 Å². The van der Waals surface area contributed by atoms with Crippen LogP contribution in [0.3, 0.4) is 0 Å². The summed E-state index contributed by atoms with van der Waals surface area (Å²) < 4.78 is 15.9. The topological polar surface area (TPSA) is 30.7 Å². The van der Waals surface area contributed by atoms with Crippen LogP contribution in [-0.2, 0) is 5.41 Å². The van der Waals surface area contributed by atoms with Crippen molar-refractivity contribution in [1.29, 1.82) is 0 Å². The van der Waals surface area contributed by atoms with Crippen molar-refractivity contribution in [1.82, 2.24) is 4.40 Å². The molecule has 0 saturated carbocycles. The first-order valence-electron chi connectivity index (χ1n) is 16.5. The van der Waals surface area contributed by atoms with Gasteiger partial charge in [0.15, 0.2) is 11.2 Å². The fraction of sp³-hybridized carbons (Fsp3) is 0.0667. The molecule has 0 bridgehead atoms. The van der Waals surface area contributed by atoms with E-state index in [0.29, 0.717) is 0 Å². The fourth-order valence-corrected chi connectivity index (χ4v) is 9.12. The summed E-state index contributed by atoms with van der Waals surface area (Å²) >= 11 is 0. The van der Waals surface area contributed by atoms with Crippen molar-refractivity contribution in [2.24, 2.45) is 0 Å². The van der Waals surface area contributed by atoms with Crippen LogP contribution in [0.15, 0.2) is 124 Å². The monoisotopic (exact) mass is 611 g/mol. The van der Waals surface area contributed by atoms with Gasteiger partial charge in [0.25, 0.3) is 0 Å². The number of furan rings is 2. The summed E-state index contributed by atoms with van der Waals surface area (Å²) in [6.07, 6.45) is 0. The fourth-order valence-electron chi connectivity index (χ4n) is 9.12. The van der Waals surface area contributed by atoms with Crippen molar-refractivity contribution in [3.05, 3.63) is 139 Å². The van der Waals surface area contributed by atoms with Gasteiger partial charge in [-0.2, -0.15) is 0 Å². The lowest BCUT2D eigenvalue weighted by Gasteiger charge is -2.23. The summed E-state index contributed by atoms with van der Waals surface area (Å²) in [7, 11) is 0. The normalized spacial score (nSPS) is 14.0. The first-order chi connectivity index (χ1) is 23.6. The van der Waals surface area contributed by atoms with Gasteiger partial charge in [0.05, 0.1) is 16.6 Å². The van der Waals surface area contributed by atoms with Gasteiger partial charge in [-0.1, -0.05) is 98.8 Å². The van der Waals surface area contributed by atoms with E-state index in [1.54, 1.807) is 0 Å². The third kappa shape index (κ3) is 2.77. The van der Waals surface area contributed by atoms with Crippen LogP contribution in [0.2, 0.25) is 0 Å². The van der Waals surface area contributed by atoms with Crippen LogP contribution in [0.25, 0.3) is 104 Å². The van der Waals surface area contributed by atoms with E-state index in [1.807, 2.05) is 12.1 Å². The number of hydrogen-bond donors (Lipinski definition) is 0. The lowest BCUT2D eigenvalue weighted by molar-refractivity contribution is 0.662. The molecular weight excluding hydrogens is 587 g/mol. The Morgan fingerprint density at radius 1 is 0.542 bits per heavy atom. The molecule has 3 nitrogen and oxygen atoms in total. The summed E-state index contributed by atoms with van der Waals surface area (Å²) in [5, 5.41) is 9.20. The largest absolute Gasteiger partial charge is 0.454 e. The Morgan fingerprint density at radius 2 is 1.10 bits per heavy atom. The van der Waals surface area contributed by atoms with E-state index in [4.69, 9.17) is 8.83 Å². The number of para-hydroxylation sites is 2. The molecule has 11 aromatic rings. The average Bonchev–Trinajstić information content (AvgIpc) is 3.90. The van der Waals surface area contributed by atoms with Gasteiger partial charge in [0, 0.05) is 54.1 Å². The third-order valence-electron chi connectivity index (χ3n) is 11.1. The van der Waals surface area contributed by atoms with E-state index in [2.05, 4.69) is 134 Å². The molecule has 0 N–H and O–H groups in total. The molecule has 0 unspecified atom stereocenters. The second-order valence-electron chi connectivity index (χ2n) is 13.9. The second-order valence-corrected chi connectivity index (χ2v) is 13.9. The van der Waals surface area contributed by atoms with Crippen LogP contribution in [0.4, 0.5) is 0 Å². The average molecular weight is 612 g/mol. The molecule has 0 aliphatic heterocycles. The molecule has 0 radical (unpaired) electrons. The van der Waals surface area contributed by atoms with Gasteiger partial charge < -0.3 is 13.2 Å². The Labute approximate surface area is 274 Å². The van der Waals surface area contributed by atoms with Gasteiger partial charge in [0.2, 0.25) is 0 Å². The Kier molecular flexibility index (Phi) is 4.25. The van der Waals surface area contributed by atoms with E-state index in [-0.39, 0.29) is 5.41 Å². The van der Waals surface area contributed by atoms with E-state index in [1.165, 1.54) is 38.5 Å². The van der Waals surface area contributed by atoms with Gasteiger partial charge in [-0.3, -0.25) is 0 Å². The molecule has 4 heterocycles. The van der Waals surface area contributed by atoms with Gasteiger partial charge >= 0.3 is 0 Å². The SMILES string of the molecule is CC1(C)c2ccccc2-c2cc#cc(-c3cc4c5ccc6c7ccccc7oc6c5n5c4c(c3)c3ccc4c6ccccc6oc4c35)c21. The van der Waals surface area contributed by atoms with Crippen LogP contribution >= 0.6 is 0 Å². The summed E-state index contributed by atoms with van der Waals surface area (Å²) in [6, 6.07) is 48.3. The minimum Gasteiger partial charge on any atom is -0.454 e. The van der Waals surface area contributed by atoms with Gasteiger partial charge in [-0.05, 0) is 70.3 Å². The highest BCUT2D eigenvalue weighted by molar-refractivity contribution is 6.32. The minimum absolute atomic E-state index is 0.172. The van der Waals surface area contributed by atoms with E-state index in [9.17, 15) is 0 Å². The molecule has 1 aliphatic carbocycles. The maximum atomic E-state index is 6.72. The summed E-state index contributed by atoms with van der Waals surface area (Å²) in [5.41, 5.74) is 14.2. The Hall–Kier alpha value is -6.24. The highest BCUT2D eigenvalue weighted by Crippen LogP contribution is 2.53. The Balaban J connectivity index is 1.29. The quantitative estimate of drug-likeness (QED) is 0.185. The molecule has 12 rings (SSSR count). The smallest absolute Gasteiger partial charge is 0.160 e. The number of benzene rings is 6. The maximum Gasteiger partial charge on any atom is 0.160 e. The number of nitrogens with zero attached hydrogens (tertiary/aromatic N) is 1. The van der Waals surface area contributed by atoms with Crippen molar-refractivity contribution in [3.63, 3.8) is 0 Å². The van der Waals surface area contributed by atoms with Crippen molar-refractivity contribution in [3.8, 4) is 22.3 Å². The molecule has 48 heavy (non-hydrogen) atoms. The van der Waals surface area contributed by atoms with Crippen LogP contribution in [0, 0.1) is 12.1 Å². The molecule has 7 aromatic carbocycles. The molecule has 0 amide bonds. The second kappa shape index (κ2) is 8.18. The van der Waals surface area contributed by atoms with E-state index in [0.717, 1.165) is 76.8 Å². The Bertz CT molecular complexity index is 3040. The predicted molar refractivity (Wildman–Crippen MR) is 196 cm³/mol. The highest BCUT2D eigenvalue weighted by Gasteiger charge is 2.38. The molecule has 0 atom stereocenters.